The minimum absolute atomic E-state index is 0.0263. The van der Waals surface area contributed by atoms with Crippen LogP contribution < -0.4 is 0 Å². The molecular weight excluding hydrogens is 318 g/mol. The zero-order valence-electron chi connectivity index (χ0n) is 12.6. The van der Waals surface area contributed by atoms with Crippen molar-refractivity contribution in [3.05, 3.63) is 71.1 Å². The Labute approximate surface area is 135 Å². The van der Waals surface area contributed by atoms with Gasteiger partial charge in [-0.05, 0) is 24.6 Å². The van der Waals surface area contributed by atoms with E-state index in [1.54, 1.807) is 0 Å². The van der Waals surface area contributed by atoms with Crippen molar-refractivity contribution in [3.8, 4) is 11.4 Å². The number of rotatable bonds is 4. The molecule has 1 aromatic heterocycles. The minimum Gasteiger partial charge on any atom is -0.452 e. The van der Waals surface area contributed by atoms with E-state index in [4.69, 9.17) is 9.26 Å². The molecule has 0 aliphatic rings. The Hall–Kier alpha value is -3.09. The average molecular weight is 330 g/mol. The number of ether oxygens (including phenoxy) is 1. The van der Waals surface area contributed by atoms with Crippen LogP contribution in [0.4, 0.5) is 8.78 Å². The van der Waals surface area contributed by atoms with Gasteiger partial charge in [-0.1, -0.05) is 35.5 Å². The van der Waals surface area contributed by atoms with Gasteiger partial charge >= 0.3 is 5.97 Å². The standard InChI is InChI=1S/C17H12F2N2O3/c1-10-5-2-3-6-11(10)16-20-14(24-21-16)9-23-17(22)15-12(18)7-4-8-13(15)19/h2-8H,9H2,1H3. The fraction of sp³-hybridized carbons (Fsp3) is 0.118. The largest absolute Gasteiger partial charge is 0.452 e. The van der Waals surface area contributed by atoms with Crippen molar-refractivity contribution in [2.24, 2.45) is 0 Å². The maximum atomic E-state index is 13.5. The van der Waals surface area contributed by atoms with Crippen LogP contribution >= 0.6 is 0 Å². The summed E-state index contributed by atoms with van der Waals surface area (Å²) >= 11 is 0. The van der Waals surface area contributed by atoms with Crippen LogP contribution in [-0.4, -0.2) is 16.1 Å². The van der Waals surface area contributed by atoms with Crippen LogP contribution in [0.15, 0.2) is 47.0 Å². The highest BCUT2D eigenvalue weighted by atomic mass is 19.1. The van der Waals surface area contributed by atoms with E-state index in [2.05, 4.69) is 10.1 Å². The second-order valence-electron chi connectivity index (χ2n) is 5.00. The van der Waals surface area contributed by atoms with Crippen molar-refractivity contribution >= 4 is 5.97 Å². The molecule has 0 unspecified atom stereocenters. The second-order valence-corrected chi connectivity index (χ2v) is 5.00. The number of aryl methyl sites for hydroxylation is 1. The van der Waals surface area contributed by atoms with Crippen molar-refractivity contribution < 1.29 is 22.8 Å². The van der Waals surface area contributed by atoms with E-state index in [9.17, 15) is 13.6 Å². The molecule has 3 rings (SSSR count). The van der Waals surface area contributed by atoms with Crippen molar-refractivity contribution in [1.82, 2.24) is 10.1 Å². The first-order valence-corrected chi connectivity index (χ1v) is 7.06. The van der Waals surface area contributed by atoms with Gasteiger partial charge in [-0.25, -0.2) is 13.6 Å². The number of nitrogens with zero attached hydrogens (tertiary/aromatic N) is 2. The molecule has 0 aliphatic carbocycles. The molecule has 0 amide bonds. The van der Waals surface area contributed by atoms with Crippen LogP contribution in [0.25, 0.3) is 11.4 Å². The molecule has 3 aromatic rings. The summed E-state index contributed by atoms with van der Waals surface area (Å²) in [6, 6.07) is 10.5. The molecule has 5 nitrogen and oxygen atoms in total. The summed E-state index contributed by atoms with van der Waals surface area (Å²) in [5.74, 6) is -2.76. The zero-order valence-corrected chi connectivity index (χ0v) is 12.6. The normalized spacial score (nSPS) is 10.6. The molecule has 0 radical (unpaired) electrons. The zero-order chi connectivity index (χ0) is 17.1. The van der Waals surface area contributed by atoms with Crippen LogP contribution in [-0.2, 0) is 11.3 Å². The number of aromatic nitrogens is 2. The Kier molecular flexibility index (Phi) is 4.33. The first-order valence-electron chi connectivity index (χ1n) is 7.06. The van der Waals surface area contributed by atoms with Gasteiger partial charge in [0.05, 0.1) is 0 Å². The molecule has 0 saturated heterocycles. The predicted octanol–water partition coefficient (Wildman–Crippen LogP) is 3.68. The van der Waals surface area contributed by atoms with Crippen molar-refractivity contribution in [3.63, 3.8) is 0 Å². The van der Waals surface area contributed by atoms with Gasteiger partial charge in [0.2, 0.25) is 5.82 Å². The molecule has 0 saturated carbocycles. The SMILES string of the molecule is Cc1ccccc1-c1noc(COC(=O)c2c(F)cccc2F)n1. The molecule has 2 aromatic carbocycles. The van der Waals surface area contributed by atoms with E-state index >= 15 is 0 Å². The minimum atomic E-state index is -1.14. The van der Waals surface area contributed by atoms with Crippen molar-refractivity contribution in [2.75, 3.05) is 0 Å². The molecule has 122 valence electrons. The molecule has 7 heteroatoms. The highest BCUT2D eigenvalue weighted by Crippen LogP contribution is 2.20. The smallest absolute Gasteiger partial charge is 0.344 e. The summed E-state index contributed by atoms with van der Waals surface area (Å²) in [4.78, 5) is 15.9. The molecule has 0 atom stereocenters. The molecule has 0 aliphatic heterocycles. The Morgan fingerprint density at radius 3 is 2.54 bits per heavy atom. The molecule has 0 bridgehead atoms. The third-order valence-corrected chi connectivity index (χ3v) is 3.35. The summed E-state index contributed by atoms with van der Waals surface area (Å²) in [6.45, 7) is 1.51. The summed E-state index contributed by atoms with van der Waals surface area (Å²) in [6.07, 6.45) is 0. The molecule has 0 fully saturated rings. The van der Waals surface area contributed by atoms with E-state index in [0.29, 0.717) is 5.82 Å². The second kappa shape index (κ2) is 6.57. The third kappa shape index (κ3) is 3.15. The van der Waals surface area contributed by atoms with Gasteiger partial charge in [0, 0.05) is 5.56 Å². The van der Waals surface area contributed by atoms with Crippen LogP contribution in [0.1, 0.15) is 21.8 Å². The Bertz CT molecular complexity index is 873. The van der Waals surface area contributed by atoms with Gasteiger partial charge in [-0.2, -0.15) is 4.98 Å². The fourth-order valence-electron chi connectivity index (χ4n) is 2.14. The lowest BCUT2D eigenvalue weighted by Gasteiger charge is -2.04. The Morgan fingerprint density at radius 1 is 1.12 bits per heavy atom. The summed E-state index contributed by atoms with van der Waals surface area (Å²) < 4.78 is 36.8. The average Bonchev–Trinajstić information content (AvgIpc) is 3.02. The lowest BCUT2D eigenvalue weighted by molar-refractivity contribution is 0.0418. The first kappa shape index (κ1) is 15.8. The number of carbonyl (C=O) groups excluding carboxylic acids is 1. The number of hydrogen-bond acceptors (Lipinski definition) is 5. The highest BCUT2D eigenvalue weighted by molar-refractivity contribution is 5.89. The number of halogens is 2. The van der Waals surface area contributed by atoms with Crippen LogP contribution in [0.2, 0.25) is 0 Å². The summed E-state index contributed by atoms with van der Waals surface area (Å²) in [7, 11) is 0. The molecule has 24 heavy (non-hydrogen) atoms. The number of hydrogen-bond donors (Lipinski definition) is 0. The number of benzene rings is 2. The fourth-order valence-corrected chi connectivity index (χ4v) is 2.14. The van der Waals surface area contributed by atoms with Gasteiger partial charge in [0.15, 0.2) is 6.61 Å². The maximum absolute atomic E-state index is 13.5. The quantitative estimate of drug-likeness (QED) is 0.683. The van der Waals surface area contributed by atoms with E-state index in [0.717, 1.165) is 29.3 Å². The van der Waals surface area contributed by atoms with Gasteiger partial charge in [-0.3, -0.25) is 0 Å². The van der Waals surface area contributed by atoms with E-state index in [1.165, 1.54) is 0 Å². The van der Waals surface area contributed by atoms with Crippen LogP contribution in [0.3, 0.4) is 0 Å². The topological polar surface area (TPSA) is 65.2 Å². The molecule has 0 spiro atoms. The van der Waals surface area contributed by atoms with E-state index < -0.39 is 23.2 Å². The van der Waals surface area contributed by atoms with Crippen LogP contribution in [0.5, 0.6) is 0 Å². The molecule has 0 N–H and O–H groups in total. The lowest BCUT2D eigenvalue weighted by Crippen LogP contribution is -2.10. The monoisotopic (exact) mass is 330 g/mol. The number of carbonyl (C=O) groups is 1. The number of esters is 1. The van der Waals surface area contributed by atoms with Crippen molar-refractivity contribution in [2.45, 2.75) is 13.5 Å². The van der Waals surface area contributed by atoms with Gasteiger partial charge in [-0.15, -0.1) is 0 Å². The maximum Gasteiger partial charge on any atom is 0.344 e. The molecular formula is C17H12F2N2O3. The highest BCUT2D eigenvalue weighted by Gasteiger charge is 2.20. The lowest BCUT2D eigenvalue weighted by atomic mass is 10.1. The van der Waals surface area contributed by atoms with Gasteiger partial charge in [0.1, 0.15) is 17.2 Å². The first-order chi connectivity index (χ1) is 11.6. The summed E-state index contributed by atoms with van der Waals surface area (Å²) in [5.41, 5.74) is 0.977. The molecule has 1 heterocycles. The Balaban J connectivity index is 1.72. The predicted molar refractivity (Wildman–Crippen MR) is 79.9 cm³/mol. The van der Waals surface area contributed by atoms with Crippen LogP contribution in [0, 0.1) is 18.6 Å². The van der Waals surface area contributed by atoms with Gasteiger partial charge < -0.3 is 9.26 Å². The Morgan fingerprint density at radius 2 is 1.83 bits per heavy atom. The van der Waals surface area contributed by atoms with Crippen molar-refractivity contribution in [1.29, 1.82) is 0 Å². The summed E-state index contributed by atoms with van der Waals surface area (Å²) in [5, 5.41) is 3.81. The van der Waals surface area contributed by atoms with E-state index in [-0.39, 0.29) is 12.5 Å². The van der Waals surface area contributed by atoms with E-state index in [1.807, 2.05) is 31.2 Å². The third-order valence-electron chi connectivity index (χ3n) is 3.35. The van der Waals surface area contributed by atoms with Gasteiger partial charge in [0.25, 0.3) is 5.89 Å².